The number of carboxylic acid groups (broad SMARTS) is 1. The quantitative estimate of drug-likeness (QED) is 0.788. The lowest BCUT2D eigenvalue weighted by Crippen LogP contribution is -2.47. The number of hydrogen-bond donors (Lipinski definition) is 2. The number of thiophene rings is 1. The van der Waals surface area contributed by atoms with Gasteiger partial charge in [-0.15, -0.1) is 11.3 Å². The van der Waals surface area contributed by atoms with Gasteiger partial charge >= 0.3 is 5.97 Å². The van der Waals surface area contributed by atoms with E-state index in [-0.39, 0.29) is 12.3 Å². The number of carboxylic acids is 1. The summed E-state index contributed by atoms with van der Waals surface area (Å²) in [5, 5.41) is 13.6. The lowest BCUT2D eigenvalue weighted by molar-refractivity contribution is -0.142. The van der Waals surface area contributed by atoms with Gasteiger partial charge in [-0.2, -0.15) is 0 Å². The van der Waals surface area contributed by atoms with Crippen LogP contribution in [0.25, 0.3) is 0 Å². The third kappa shape index (κ3) is 3.92. The molecule has 4 nitrogen and oxygen atoms in total. The molecule has 104 valence electrons. The first-order valence-corrected chi connectivity index (χ1v) is 6.96. The minimum atomic E-state index is -1.02. The molecule has 0 aromatic carbocycles. The Kier molecular flexibility index (Phi) is 5.30. The topological polar surface area (TPSA) is 66.4 Å². The molecule has 1 atom stereocenters. The van der Waals surface area contributed by atoms with Gasteiger partial charge in [-0.3, -0.25) is 4.79 Å². The summed E-state index contributed by atoms with van der Waals surface area (Å²) in [6.45, 7) is 5.40. The molecule has 1 heterocycles. The van der Waals surface area contributed by atoms with E-state index in [1.54, 1.807) is 26.0 Å². The SMILES string of the molecule is C/C=C/CC(NC(=O)C(C)(C)c1cccs1)C(=O)O. The van der Waals surface area contributed by atoms with Gasteiger partial charge in [0.05, 0.1) is 5.41 Å². The van der Waals surface area contributed by atoms with Crippen molar-refractivity contribution in [3.63, 3.8) is 0 Å². The summed E-state index contributed by atoms with van der Waals surface area (Å²) in [4.78, 5) is 24.3. The lowest BCUT2D eigenvalue weighted by atomic mass is 9.90. The fourth-order valence-electron chi connectivity index (χ4n) is 1.58. The highest BCUT2D eigenvalue weighted by atomic mass is 32.1. The van der Waals surface area contributed by atoms with Gasteiger partial charge in [0.2, 0.25) is 5.91 Å². The van der Waals surface area contributed by atoms with Crippen molar-refractivity contribution < 1.29 is 14.7 Å². The number of allylic oxidation sites excluding steroid dienone is 1. The molecule has 0 radical (unpaired) electrons. The third-order valence-electron chi connectivity index (χ3n) is 2.92. The Balaban J connectivity index is 2.79. The Labute approximate surface area is 117 Å². The maximum atomic E-state index is 12.2. The van der Waals surface area contributed by atoms with Crippen LogP contribution in [0.1, 0.15) is 32.1 Å². The largest absolute Gasteiger partial charge is 0.480 e. The molecular weight excluding hydrogens is 262 g/mol. The molecule has 0 saturated heterocycles. The fourth-order valence-corrected chi connectivity index (χ4v) is 2.43. The molecule has 0 bridgehead atoms. The van der Waals surface area contributed by atoms with Gasteiger partial charge in [0.15, 0.2) is 0 Å². The summed E-state index contributed by atoms with van der Waals surface area (Å²) in [7, 11) is 0. The van der Waals surface area contributed by atoms with Crippen LogP contribution in [0.2, 0.25) is 0 Å². The van der Waals surface area contributed by atoms with Crippen molar-refractivity contribution in [2.75, 3.05) is 0 Å². The van der Waals surface area contributed by atoms with E-state index in [4.69, 9.17) is 5.11 Å². The first kappa shape index (κ1) is 15.4. The Morgan fingerprint density at radius 1 is 1.53 bits per heavy atom. The van der Waals surface area contributed by atoms with Crippen LogP contribution in [0.15, 0.2) is 29.7 Å². The molecule has 19 heavy (non-hydrogen) atoms. The molecule has 0 saturated carbocycles. The molecule has 1 rings (SSSR count). The number of hydrogen-bond acceptors (Lipinski definition) is 3. The summed E-state index contributed by atoms with van der Waals surface area (Å²) < 4.78 is 0. The van der Waals surface area contributed by atoms with Crippen LogP contribution in [-0.2, 0) is 15.0 Å². The van der Waals surface area contributed by atoms with Crippen LogP contribution in [0.5, 0.6) is 0 Å². The van der Waals surface area contributed by atoms with Crippen LogP contribution in [0.3, 0.4) is 0 Å². The zero-order valence-electron chi connectivity index (χ0n) is 11.3. The smallest absolute Gasteiger partial charge is 0.326 e. The molecule has 1 amide bonds. The van der Waals surface area contributed by atoms with E-state index in [1.165, 1.54) is 11.3 Å². The molecule has 2 N–H and O–H groups in total. The number of amides is 1. The second-order valence-corrected chi connectivity index (χ2v) is 5.72. The highest BCUT2D eigenvalue weighted by molar-refractivity contribution is 7.10. The van der Waals surface area contributed by atoms with Gasteiger partial charge in [0.1, 0.15) is 6.04 Å². The monoisotopic (exact) mass is 281 g/mol. The summed E-state index contributed by atoms with van der Waals surface area (Å²) >= 11 is 1.49. The molecule has 1 aromatic heterocycles. The van der Waals surface area contributed by atoms with Gasteiger partial charge in [0, 0.05) is 4.88 Å². The average molecular weight is 281 g/mol. The molecule has 0 fully saturated rings. The first-order valence-electron chi connectivity index (χ1n) is 6.08. The van der Waals surface area contributed by atoms with Crippen molar-refractivity contribution >= 4 is 23.2 Å². The summed E-state index contributed by atoms with van der Waals surface area (Å²) in [5.41, 5.74) is -0.724. The van der Waals surface area contributed by atoms with Crippen LogP contribution in [0, 0.1) is 0 Å². The van der Waals surface area contributed by atoms with Crippen molar-refractivity contribution in [2.24, 2.45) is 0 Å². The summed E-state index contributed by atoms with van der Waals surface area (Å²) in [5.74, 6) is -1.29. The average Bonchev–Trinajstić information content (AvgIpc) is 2.87. The number of carbonyl (C=O) groups excluding carboxylic acids is 1. The molecule has 0 aliphatic carbocycles. The van der Waals surface area contributed by atoms with Gasteiger partial charge in [-0.05, 0) is 38.6 Å². The van der Waals surface area contributed by atoms with Crippen molar-refractivity contribution in [3.8, 4) is 0 Å². The molecule has 0 aliphatic heterocycles. The molecule has 0 aliphatic rings. The molecule has 1 aromatic rings. The second-order valence-electron chi connectivity index (χ2n) is 4.77. The van der Waals surface area contributed by atoms with E-state index in [2.05, 4.69) is 5.32 Å². The van der Waals surface area contributed by atoms with E-state index >= 15 is 0 Å². The minimum Gasteiger partial charge on any atom is -0.480 e. The predicted octanol–water partition coefficient (Wildman–Crippen LogP) is 2.56. The van der Waals surface area contributed by atoms with E-state index in [0.29, 0.717) is 0 Å². The Morgan fingerprint density at radius 3 is 2.68 bits per heavy atom. The standard InChI is InChI=1S/C14H19NO3S/c1-4-5-7-10(12(16)17)15-13(18)14(2,3)11-8-6-9-19-11/h4-6,8-10H,7H2,1-3H3,(H,15,18)(H,16,17)/b5-4+. The van der Waals surface area contributed by atoms with Crippen molar-refractivity contribution in [1.82, 2.24) is 5.32 Å². The Hall–Kier alpha value is -1.62. The summed E-state index contributed by atoms with van der Waals surface area (Å²) in [6.07, 6.45) is 3.79. The van der Waals surface area contributed by atoms with E-state index in [9.17, 15) is 9.59 Å². The van der Waals surface area contributed by atoms with Crippen LogP contribution >= 0.6 is 11.3 Å². The molecule has 5 heteroatoms. The summed E-state index contributed by atoms with van der Waals surface area (Å²) in [6, 6.07) is 2.87. The maximum absolute atomic E-state index is 12.2. The number of nitrogens with one attached hydrogen (secondary N) is 1. The normalized spacial score (nSPS) is 13.4. The fraction of sp³-hybridized carbons (Fsp3) is 0.429. The molecule has 0 spiro atoms. The van der Waals surface area contributed by atoms with Crippen molar-refractivity contribution in [1.29, 1.82) is 0 Å². The van der Waals surface area contributed by atoms with Crippen LogP contribution < -0.4 is 5.32 Å². The van der Waals surface area contributed by atoms with Gasteiger partial charge in [-0.25, -0.2) is 4.79 Å². The van der Waals surface area contributed by atoms with Gasteiger partial charge < -0.3 is 10.4 Å². The Bertz CT molecular complexity index is 463. The van der Waals surface area contributed by atoms with Crippen molar-refractivity contribution in [2.45, 2.75) is 38.6 Å². The number of rotatable bonds is 6. The first-order chi connectivity index (χ1) is 8.89. The lowest BCUT2D eigenvalue weighted by Gasteiger charge is -2.24. The number of aliphatic carboxylic acids is 1. The zero-order valence-corrected chi connectivity index (χ0v) is 12.2. The van der Waals surface area contributed by atoms with E-state index in [0.717, 1.165) is 4.88 Å². The van der Waals surface area contributed by atoms with Crippen LogP contribution in [0.4, 0.5) is 0 Å². The van der Waals surface area contributed by atoms with E-state index in [1.807, 2.05) is 24.4 Å². The Morgan fingerprint density at radius 2 is 2.21 bits per heavy atom. The van der Waals surface area contributed by atoms with Gasteiger partial charge in [0.25, 0.3) is 0 Å². The third-order valence-corrected chi connectivity index (χ3v) is 4.11. The van der Waals surface area contributed by atoms with E-state index < -0.39 is 17.4 Å². The highest BCUT2D eigenvalue weighted by Gasteiger charge is 2.33. The second kappa shape index (κ2) is 6.52. The van der Waals surface area contributed by atoms with Crippen LogP contribution in [-0.4, -0.2) is 23.0 Å². The number of carbonyl (C=O) groups is 2. The van der Waals surface area contributed by atoms with Gasteiger partial charge in [-0.1, -0.05) is 18.2 Å². The van der Waals surface area contributed by atoms with Crippen molar-refractivity contribution in [3.05, 3.63) is 34.5 Å². The molecular formula is C14H19NO3S. The molecule has 1 unspecified atom stereocenters. The minimum absolute atomic E-state index is 0.271. The zero-order chi connectivity index (χ0) is 14.5. The predicted molar refractivity (Wildman–Crippen MR) is 76.3 cm³/mol. The maximum Gasteiger partial charge on any atom is 0.326 e. The highest BCUT2D eigenvalue weighted by Crippen LogP contribution is 2.27.